The van der Waals surface area contributed by atoms with Crippen LogP contribution in [0.5, 0.6) is 5.75 Å². The highest BCUT2D eigenvalue weighted by Gasteiger charge is 2.28. The highest BCUT2D eigenvalue weighted by atomic mass is 35.5. The second-order valence-corrected chi connectivity index (χ2v) is 7.71. The van der Waals surface area contributed by atoms with Crippen LogP contribution in [-0.4, -0.2) is 12.0 Å². The first-order valence-electron chi connectivity index (χ1n) is 7.21. The number of fused-ring (bicyclic) bond motifs is 1. The van der Waals surface area contributed by atoms with Crippen LogP contribution in [0.4, 0.5) is 0 Å². The van der Waals surface area contributed by atoms with E-state index in [0.717, 1.165) is 43.1 Å². The Labute approximate surface area is 130 Å². The van der Waals surface area contributed by atoms with E-state index in [2.05, 4.69) is 19.9 Å². The normalized spacial score (nSPS) is 24.0. The summed E-state index contributed by atoms with van der Waals surface area (Å²) in [5.74, 6) is 1.05. The molecule has 0 spiro atoms. The van der Waals surface area contributed by atoms with E-state index in [4.69, 9.17) is 27.9 Å². The predicted octanol–water partition coefficient (Wildman–Crippen LogP) is 5.17. The van der Waals surface area contributed by atoms with Crippen LogP contribution in [0.15, 0.2) is 23.8 Å². The summed E-state index contributed by atoms with van der Waals surface area (Å²) in [6, 6.07) is 4.06. The Morgan fingerprint density at radius 1 is 1.35 bits per heavy atom. The van der Waals surface area contributed by atoms with Crippen molar-refractivity contribution in [3.8, 4) is 5.75 Å². The standard InChI is InChI=1S/C17H20Cl2O/c1-17(2)9-11(6-15(19)10-17)5-13-8-14(18)7-12-3-4-20-16(12)13/h6-8,15H,3-5,9-10H2,1-2H3. The summed E-state index contributed by atoms with van der Waals surface area (Å²) in [7, 11) is 0. The van der Waals surface area contributed by atoms with Gasteiger partial charge in [0, 0.05) is 11.4 Å². The number of allylic oxidation sites excluding steroid dienone is 2. The molecule has 1 aromatic rings. The van der Waals surface area contributed by atoms with Crippen molar-refractivity contribution in [1.82, 2.24) is 0 Å². The molecular weight excluding hydrogens is 291 g/mol. The smallest absolute Gasteiger partial charge is 0.126 e. The molecule has 1 aliphatic heterocycles. The maximum atomic E-state index is 6.38. The Balaban J connectivity index is 1.89. The molecule has 0 radical (unpaired) electrons. The van der Waals surface area contributed by atoms with Crippen LogP contribution in [-0.2, 0) is 12.8 Å². The first kappa shape index (κ1) is 14.3. The molecule has 0 saturated carbocycles. The second kappa shape index (κ2) is 5.27. The van der Waals surface area contributed by atoms with E-state index in [0.29, 0.717) is 0 Å². The third-order valence-electron chi connectivity index (χ3n) is 4.11. The van der Waals surface area contributed by atoms with Gasteiger partial charge in [0.2, 0.25) is 0 Å². The van der Waals surface area contributed by atoms with E-state index in [1.165, 1.54) is 16.7 Å². The highest BCUT2D eigenvalue weighted by Crippen LogP contribution is 2.41. The maximum Gasteiger partial charge on any atom is 0.126 e. The molecule has 1 aromatic carbocycles. The number of alkyl halides is 1. The van der Waals surface area contributed by atoms with Crippen LogP contribution in [0.25, 0.3) is 0 Å². The van der Waals surface area contributed by atoms with Gasteiger partial charge in [-0.15, -0.1) is 11.6 Å². The van der Waals surface area contributed by atoms with E-state index in [-0.39, 0.29) is 10.8 Å². The summed E-state index contributed by atoms with van der Waals surface area (Å²) in [5, 5.41) is 0.948. The summed E-state index contributed by atoms with van der Waals surface area (Å²) in [6.07, 6.45) is 6.22. The number of benzene rings is 1. The van der Waals surface area contributed by atoms with E-state index in [9.17, 15) is 0 Å². The molecule has 0 amide bonds. The van der Waals surface area contributed by atoms with Crippen LogP contribution in [0.1, 0.15) is 37.8 Å². The minimum absolute atomic E-state index is 0.141. The third-order valence-corrected chi connectivity index (χ3v) is 4.61. The molecule has 108 valence electrons. The van der Waals surface area contributed by atoms with E-state index in [1.54, 1.807) is 0 Å². The van der Waals surface area contributed by atoms with Gasteiger partial charge in [-0.05, 0) is 47.9 Å². The summed E-state index contributed by atoms with van der Waals surface area (Å²) < 4.78 is 5.79. The molecular formula is C17H20Cl2O. The number of hydrogen-bond acceptors (Lipinski definition) is 1. The van der Waals surface area contributed by atoms with Crippen molar-refractivity contribution in [2.75, 3.05) is 6.61 Å². The van der Waals surface area contributed by atoms with Gasteiger partial charge in [0.05, 0.1) is 12.0 Å². The van der Waals surface area contributed by atoms with Gasteiger partial charge in [-0.3, -0.25) is 0 Å². The fourth-order valence-electron chi connectivity index (χ4n) is 3.43. The van der Waals surface area contributed by atoms with E-state index in [1.807, 2.05) is 12.1 Å². The lowest BCUT2D eigenvalue weighted by atomic mass is 9.76. The van der Waals surface area contributed by atoms with Gasteiger partial charge in [0.1, 0.15) is 5.75 Å². The Bertz CT molecular complexity index is 560. The van der Waals surface area contributed by atoms with Gasteiger partial charge in [-0.1, -0.05) is 37.1 Å². The lowest BCUT2D eigenvalue weighted by Crippen LogP contribution is -2.22. The predicted molar refractivity (Wildman–Crippen MR) is 85.1 cm³/mol. The zero-order chi connectivity index (χ0) is 14.3. The van der Waals surface area contributed by atoms with Crippen molar-refractivity contribution in [1.29, 1.82) is 0 Å². The van der Waals surface area contributed by atoms with Crippen molar-refractivity contribution in [2.24, 2.45) is 5.41 Å². The van der Waals surface area contributed by atoms with Crippen molar-refractivity contribution in [3.05, 3.63) is 39.9 Å². The minimum Gasteiger partial charge on any atom is -0.493 e. The number of halogens is 2. The monoisotopic (exact) mass is 310 g/mol. The van der Waals surface area contributed by atoms with Crippen LogP contribution >= 0.6 is 23.2 Å². The first-order chi connectivity index (χ1) is 9.43. The molecule has 3 heteroatoms. The van der Waals surface area contributed by atoms with Gasteiger partial charge >= 0.3 is 0 Å². The Morgan fingerprint density at radius 2 is 2.15 bits per heavy atom. The van der Waals surface area contributed by atoms with Gasteiger partial charge in [-0.2, -0.15) is 0 Å². The second-order valence-electron chi connectivity index (χ2n) is 6.71. The number of ether oxygens (including phenoxy) is 1. The zero-order valence-electron chi connectivity index (χ0n) is 12.0. The summed E-state index contributed by atoms with van der Waals surface area (Å²) in [5.41, 5.74) is 4.13. The molecule has 0 aromatic heterocycles. The van der Waals surface area contributed by atoms with Crippen molar-refractivity contribution < 1.29 is 4.74 Å². The molecule has 0 fully saturated rings. The summed E-state index contributed by atoms with van der Waals surface area (Å²) in [4.78, 5) is 0. The Morgan fingerprint density at radius 3 is 2.90 bits per heavy atom. The van der Waals surface area contributed by atoms with Crippen LogP contribution in [0, 0.1) is 5.41 Å². The SMILES string of the molecule is CC1(C)CC(Cc2cc(Cl)cc3c2OCC3)=CC(Cl)C1. The topological polar surface area (TPSA) is 9.23 Å². The Hall–Kier alpha value is -0.660. The lowest BCUT2D eigenvalue weighted by Gasteiger charge is -2.32. The van der Waals surface area contributed by atoms with Crippen molar-refractivity contribution in [2.45, 2.75) is 44.9 Å². The van der Waals surface area contributed by atoms with Gasteiger partial charge in [-0.25, -0.2) is 0 Å². The van der Waals surface area contributed by atoms with E-state index >= 15 is 0 Å². The molecule has 0 bridgehead atoms. The Kier molecular flexibility index (Phi) is 3.77. The molecule has 0 N–H and O–H groups in total. The average molecular weight is 311 g/mol. The third kappa shape index (κ3) is 2.99. The van der Waals surface area contributed by atoms with Crippen molar-refractivity contribution >= 4 is 23.2 Å². The molecule has 1 unspecified atom stereocenters. The number of hydrogen-bond donors (Lipinski definition) is 0. The molecule has 20 heavy (non-hydrogen) atoms. The lowest BCUT2D eigenvalue weighted by molar-refractivity contribution is 0.319. The molecule has 1 aliphatic carbocycles. The molecule has 3 rings (SSSR count). The zero-order valence-corrected chi connectivity index (χ0v) is 13.5. The van der Waals surface area contributed by atoms with Gasteiger partial charge in [0.25, 0.3) is 0 Å². The van der Waals surface area contributed by atoms with E-state index < -0.39 is 0 Å². The molecule has 1 atom stereocenters. The average Bonchev–Trinajstić information content (AvgIpc) is 2.73. The summed E-state index contributed by atoms with van der Waals surface area (Å²) >= 11 is 12.6. The number of rotatable bonds is 2. The minimum atomic E-state index is 0.141. The van der Waals surface area contributed by atoms with Crippen LogP contribution < -0.4 is 4.74 Å². The first-order valence-corrected chi connectivity index (χ1v) is 8.02. The van der Waals surface area contributed by atoms with Gasteiger partial charge in [0.15, 0.2) is 0 Å². The quantitative estimate of drug-likeness (QED) is 0.541. The fraction of sp³-hybridized carbons (Fsp3) is 0.529. The summed E-state index contributed by atoms with van der Waals surface area (Å²) in [6.45, 7) is 5.34. The largest absolute Gasteiger partial charge is 0.493 e. The molecule has 1 heterocycles. The fourth-order valence-corrected chi connectivity index (χ4v) is 4.29. The molecule has 0 saturated heterocycles. The molecule has 1 nitrogen and oxygen atoms in total. The van der Waals surface area contributed by atoms with Gasteiger partial charge < -0.3 is 4.74 Å². The van der Waals surface area contributed by atoms with Crippen LogP contribution in [0.2, 0.25) is 5.02 Å². The molecule has 2 aliphatic rings. The highest BCUT2D eigenvalue weighted by molar-refractivity contribution is 6.30. The van der Waals surface area contributed by atoms with Crippen LogP contribution in [0.3, 0.4) is 0 Å². The maximum absolute atomic E-state index is 6.38. The van der Waals surface area contributed by atoms with Crippen molar-refractivity contribution in [3.63, 3.8) is 0 Å².